The molecule has 0 unspecified atom stereocenters. The largest absolute Gasteiger partial charge is 0.272 e. The smallest absolute Gasteiger partial charge is 0.254 e. The molecule has 3 aromatic carbocycles. The normalized spacial score (nSPS) is 10.9. The summed E-state index contributed by atoms with van der Waals surface area (Å²) in [5.74, 6) is -1.24. The van der Waals surface area contributed by atoms with Crippen LogP contribution in [0.1, 0.15) is 0 Å². The number of hydrogen-bond acceptors (Lipinski definition) is 4. The van der Waals surface area contributed by atoms with Crippen molar-refractivity contribution in [3.63, 3.8) is 0 Å². The highest BCUT2D eigenvalue weighted by Crippen LogP contribution is 2.22. The maximum atomic E-state index is 12.5. The van der Waals surface area contributed by atoms with Crippen LogP contribution in [0.15, 0.2) is 95.9 Å². The number of rotatable bonds is 6. The maximum Gasteiger partial charge on any atom is 0.254 e. The van der Waals surface area contributed by atoms with Gasteiger partial charge in [-0.25, -0.2) is 8.42 Å². The van der Waals surface area contributed by atoms with Crippen molar-refractivity contribution < 1.29 is 13.2 Å². The van der Waals surface area contributed by atoms with Crippen LogP contribution in [0.25, 0.3) is 0 Å². The SMILES string of the molecule is O=C(CS(=O)(=O)c1ccccc1)NN(c1ccccc1)c1ccccc1. The second-order valence-corrected chi connectivity index (χ2v) is 7.60. The van der Waals surface area contributed by atoms with Crippen LogP contribution in [0, 0.1) is 0 Å². The van der Waals surface area contributed by atoms with Gasteiger partial charge in [-0.15, -0.1) is 0 Å². The van der Waals surface area contributed by atoms with E-state index in [9.17, 15) is 13.2 Å². The van der Waals surface area contributed by atoms with E-state index < -0.39 is 21.5 Å². The molecule has 0 fully saturated rings. The molecule has 0 aliphatic rings. The van der Waals surface area contributed by atoms with Crippen LogP contribution in [-0.4, -0.2) is 20.1 Å². The van der Waals surface area contributed by atoms with Crippen LogP contribution in [0.4, 0.5) is 11.4 Å². The number of carbonyl (C=O) groups excluding carboxylic acids is 1. The molecule has 1 amide bonds. The van der Waals surface area contributed by atoms with Crippen LogP contribution in [0.5, 0.6) is 0 Å². The number of nitrogens with one attached hydrogen (secondary N) is 1. The first-order chi connectivity index (χ1) is 12.6. The van der Waals surface area contributed by atoms with Crippen molar-refractivity contribution in [2.75, 3.05) is 10.8 Å². The van der Waals surface area contributed by atoms with Crippen molar-refractivity contribution in [3.8, 4) is 0 Å². The van der Waals surface area contributed by atoms with Gasteiger partial charge in [0.25, 0.3) is 5.91 Å². The summed E-state index contributed by atoms with van der Waals surface area (Å²) < 4.78 is 24.8. The molecule has 26 heavy (non-hydrogen) atoms. The molecule has 6 heteroatoms. The Labute approximate surface area is 152 Å². The third-order valence-electron chi connectivity index (χ3n) is 3.69. The van der Waals surface area contributed by atoms with Crippen LogP contribution >= 0.6 is 0 Å². The van der Waals surface area contributed by atoms with Crippen molar-refractivity contribution >= 4 is 27.1 Å². The Morgan fingerprint density at radius 3 is 1.62 bits per heavy atom. The average Bonchev–Trinajstić information content (AvgIpc) is 2.68. The number of hydrogen-bond donors (Lipinski definition) is 1. The van der Waals surface area contributed by atoms with Gasteiger partial charge in [-0.3, -0.25) is 15.2 Å². The number of anilines is 2. The molecule has 132 valence electrons. The number of benzene rings is 3. The van der Waals surface area contributed by atoms with Crippen molar-refractivity contribution in [1.29, 1.82) is 0 Å². The number of carbonyl (C=O) groups is 1. The van der Waals surface area contributed by atoms with Gasteiger partial charge >= 0.3 is 0 Å². The van der Waals surface area contributed by atoms with Crippen molar-refractivity contribution in [3.05, 3.63) is 91.0 Å². The Hall–Kier alpha value is -3.12. The van der Waals surface area contributed by atoms with E-state index in [2.05, 4.69) is 5.43 Å². The highest BCUT2D eigenvalue weighted by Gasteiger charge is 2.21. The Balaban J connectivity index is 1.82. The first-order valence-corrected chi connectivity index (χ1v) is 9.69. The molecule has 0 radical (unpaired) electrons. The predicted molar refractivity (Wildman–Crippen MR) is 102 cm³/mol. The average molecular weight is 366 g/mol. The van der Waals surface area contributed by atoms with Gasteiger partial charge in [0, 0.05) is 0 Å². The Morgan fingerprint density at radius 1 is 0.731 bits per heavy atom. The molecule has 1 N–H and O–H groups in total. The Kier molecular flexibility index (Phi) is 5.34. The van der Waals surface area contributed by atoms with E-state index in [4.69, 9.17) is 0 Å². The fourth-order valence-electron chi connectivity index (χ4n) is 2.47. The van der Waals surface area contributed by atoms with Gasteiger partial charge in [-0.1, -0.05) is 54.6 Å². The minimum atomic E-state index is -3.71. The van der Waals surface area contributed by atoms with Gasteiger partial charge in [0.05, 0.1) is 16.3 Å². The van der Waals surface area contributed by atoms with Gasteiger partial charge in [-0.2, -0.15) is 0 Å². The molecule has 0 spiro atoms. The van der Waals surface area contributed by atoms with E-state index in [0.29, 0.717) is 0 Å². The van der Waals surface area contributed by atoms with E-state index in [1.807, 2.05) is 60.7 Å². The van der Waals surface area contributed by atoms with Gasteiger partial charge in [-0.05, 0) is 36.4 Å². The molecule has 0 aliphatic heterocycles. The molecule has 0 heterocycles. The summed E-state index contributed by atoms with van der Waals surface area (Å²) in [4.78, 5) is 12.6. The van der Waals surface area contributed by atoms with E-state index in [0.717, 1.165) is 11.4 Å². The molecule has 3 aromatic rings. The summed E-state index contributed by atoms with van der Waals surface area (Å²) in [6.07, 6.45) is 0. The molecule has 3 rings (SSSR count). The summed E-state index contributed by atoms with van der Waals surface area (Å²) in [7, 11) is -3.71. The molecule has 0 aromatic heterocycles. The molecule has 0 atom stereocenters. The molecule has 5 nitrogen and oxygen atoms in total. The fraction of sp³-hybridized carbons (Fsp3) is 0.0500. The molecule has 0 bridgehead atoms. The fourth-order valence-corrected chi connectivity index (χ4v) is 3.62. The zero-order valence-corrected chi connectivity index (χ0v) is 14.8. The lowest BCUT2D eigenvalue weighted by Gasteiger charge is -2.25. The lowest BCUT2D eigenvalue weighted by Crippen LogP contribution is -2.42. The lowest BCUT2D eigenvalue weighted by molar-refractivity contribution is -0.118. The van der Waals surface area contributed by atoms with Gasteiger partial charge < -0.3 is 0 Å². The van der Waals surface area contributed by atoms with Crippen molar-refractivity contribution in [2.45, 2.75) is 4.90 Å². The summed E-state index contributed by atoms with van der Waals surface area (Å²) in [6, 6.07) is 26.4. The van der Waals surface area contributed by atoms with E-state index in [1.54, 1.807) is 23.2 Å². The molecule has 0 saturated heterocycles. The highest BCUT2D eigenvalue weighted by molar-refractivity contribution is 7.92. The standard InChI is InChI=1S/C20H18N2O3S/c23-20(16-26(24,25)19-14-8-3-9-15-19)21-22(17-10-4-1-5-11-17)18-12-6-2-7-13-18/h1-15H,16H2,(H,21,23). The van der Waals surface area contributed by atoms with E-state index in [-0.39, 0.29) is 4.90 Å². The first kappa shape index (κ1) is 17.7. The second kappa shape index (κ2) is 7.84. The van der Waals surface area contributed by atoms with Gasteiger partial charge in [0.2, 0.25) is 0 Å². The highest BCUT2D eigenvalue weighted by atomic mass is 32.2. The summed E-state index contributed by atoms with van der Waals surface area (Å²) in [5.41, 5.74) is 4.14. The van der Waals surface area contributed by atoms with Crippen LogP contribution < -0.4 is 10.4 Å². The summed E-state index contributed by atoms with van der Waals surface area (Å²) in [5, 5.41) is 1.57. The quantitative estimate of drug-likeness (QED) is 0.680. The zero-order chi connectivity index (χ0) is 18.4. The molecular formula is C20H18N2O3S. The summed E-state index contributed by atoms with van der Waals surface area (Å²) in [6.45, 7) is 0. The van der Waals surface area contributed by atoms with Gasteiger partial charge in [0.15, 0.2) is 9.84 Å². The zero-order valence-electron chi connectivity index (χ0n) is 13.9. The number of hydrazine groups is 1. The number of para-hydroxylation sites is 2. The van der Waals surface area contributed by atoms with Crippen LogP contribution in [-0.2, 0) is 14.6 Å². The van der Waals surface area contributed by atoms with Crippen LogP contribution in [0.2, 0.25) is 0 Å². The minimum Gasteiger partial charge on any atom is -0.272 e. The number of sulfone groups is 1. The van der Waals surface area contributed by atoms with Crippen molar-refractivity contribution in [1.82, 2.24) is 5.43 Å². The maximum absolute atomic E-state index is 12.5. The number of amides is 1. The Morgan fingerprint density at radius 2 is 1.15 bits per heavy atom. The molecular weight excluding hydrogens is 348 g/mol. The van der Waals surface area contributed by atoms with E-state index >= 15 is 0 Å². The topological polar surface area (TPSA) is 66.5 Å². The molecule has 0 saturated carbocycles. The first-order valence-electron chi connectivity index (χ1n) is 8.04. The minimum absolute atomic E-state index is 0.126. The second-order valence-electron chi connectivity index (χ2n) is 5.61. The lowest BCUT2D eigenvalue weighted by atomic mass is 10.2. The van der Waals surface area contributed by atoms with Crippen molar-refractivity contribution in [2.24, 2.45) is 0 Å². The third kappa shape index (κ3) is 4.29. The van der Waals surface area contributed by atoms with Gasteiger partial charge in [0.1, 0.15) is 5.75 Å². The number of nitrogens with zero attached hydrogens (tertiary/aromatic N) is 1. The predicted octanol–water partition coefficient (Wildman–Crippen LogP) is 3.33. The van der Waals surface area contributed by atoms with E-state index in [1.165, 1.54) is 12.1 Å². The van der Waals surface area contributed by atoms with Crippen LogP contribution in [0.3, 0.4) is 0 Å². The summed E-state index contributed by atoms with van der Waals surface area (Å²) >= 11 is 0. The monoisotopic (exact) mass is 366 g/mol. The molecule has 0 aliphatic carbocycles. The Bertz CT molecular complexity index is 920. The third-order valence-corrected chi connectivity index (χ3v) is 5.32.